The Hall–Kier alpha value is -5.55. The van der Waals surface area contributed by atoms with Gasteiger partial charge in [-0.15, -0.1) is 0 Å². The Labute approximate surface area is 249 Å². The van der Waals surface area contributed by atoms with Crippen LogP contribution in [0.2, 0.25) is 5.02 Å². The molecule has 0 aliphatic carbocycles. The van der Waals surface area contributed by atoms with Gasteiger partial charge in [0.2, 0.25) is 5.78 Å². The minimum Gasteiger partial charge on any atom is -0.497 e. The van der Waals surface area contributed by atoms with Crippen molar-refractivity contribution >= 4 is 46.5 Å². The molecule has 43 heavy (non-hydrogen) atoms. The minimum absolute atomic E-state index is 0.126. The van der Waals surface area contributed by atoms with E-state index in [9.17, 15) is 29.3 Å². The molecule has 1 aliphatic rings. The van der Waals surface area contributed by atoms with Crippen LogP contribution in [0.25, 0.3) is 0 Å². The van der Waals surface area contributed by atoms with Crippen molar-refractivity contribution in [2.75, 3.05) is 19.1 Å². The SMILES string of the molecule is COc1ccc(C(=O)[C@@H](OC(=O)c2cc(Cl)c(N3C(=O)c4cccc([N+](=O)[O-])c4C3=O)cc2OC)c2ccccc2)cc1. The molecule has 0 unspecified atom stereocenters. The van der Waals surface area contributed by atoms with E-state index in [0.717, 1.165) is 12.1 Å². The van der Waals surface area contributed by atoms with Crippen molar-refractivity contribution < 1.29 is 38.3 Å². The number of nitro benzene ring substituents is 1. The van der Waals surface area contributed by atoms with Gasteiger partial charge in [-0.1, -0.05) is 48.0 Å². The van der Waals surface area contributed by atoms with Gasteiger partial charge in [0.25, 0.3) is 17.5 Å². The molecule has 0 radical (unpaired) electrons. The summed E-state index contributed by atoms with van der Waals surface area (Å²) < 4.78 is 16.2. The molecular formula is C31H21ClN2O9. The van der Waals surface area contributed by atoms with Gasteiger partial charge in [-0.2, -0.15) is 0 Å². The van der Waals surface area contributed by atoms with Crippen LogP contribution in [0.15, 0.2) is 84.9 Å². The number of benzene rings is 4. The third kappa shape index (κ3) is 5.29. The number of carbonyl (C=O) groups excluding carboxylic acids is 4. The number of nitro groups is 1. The molecule has 0 N–H and O–H groups in total. The molecule has 1 heterocycles. The summed E-state index contributed by atoms with van der Waals surface area (Å²) in [5.41, 5.74) is -0.755. The van der Waals surface area contributed by atoms with Crippen LogP contribution < -0.4 is 14.4 Å². The molecular weight excluding hydrogens is 580 g/mol. The number of halogens is 1. The molecule has 0 saturated heterocycles. The van der Waals surface area contributed by atoms with Crippen molar-refractivity contribution in [3.63, 3.8) is 0 Å². The predicted molar refractivity (Wildman–Crippen MR) is 154 cm³/mol. The maximum atomic E-state index is 13.5. The summed E-state index contributed by atoms with van der Waals surface area (Å²) in [6.45, 7) is 0. The quantitative estimate of drug-likeness (QED) is 0.0760. The van der Waals surface area contributed by atoms with Gasteiger partial charge in [0.15, 0.2) is 6.10 Å². The number of hydrogen-bond acceptors (Lipinski definition) is 9. The summed E-state index contributed by atoms with van der Waals surface area (Å²) in [5.74, 6) is -2.86. The Bertz CT molecular complexity index is 1790. The number of hydrogen-bond donors (Lipinski definition) is 0. The summed E-state index contributed by atoms with van der Waals surface area (Å²) in [6, 6.07) is 20.7. The van der Waals surface area contributed by atoms with Crippen molar-refractivity contribution in [2.45, 2.75) is 6.10 Å². The van der Waals surface area contributed by atoms with E-state index in [1.807, 2.05) is 0 Å². The summed E-state index contributed by atoms with van der Waals surface area (Å²) >= 11 is 6.48. The Kier molecular flexibility index (Phi) is 7.91. The van der Waals surface area contributed by atoms with Gasteiger partial charge in [0.1, 0.15) is 22.6 Å². The number of amides is 2. The highest BCUT2D eigenvalue weighted by Gasteiger charge is 2.43. The zero-order valence-corrected chi connectivity index (χ0v) is 23.4. The number of ketones is 1. The van der Waals surface area contributed by atoms with Crippen LogP contribution in [0.5, 0.6) is 11.5 Å². The second-order valence-electron chi connectivity index (χ2n) is 9.20. The molecule has 11 nitrogen and oxygen atoms in total. The Morgan fingerprint density at radius 2 is 1.58 bits per heavy atom. The highest BCUT2D eigenvalue weighted by Crippen LogP contribution is 2.40. The summed E-state index contributed by atoms with van der Waals surface area (Å²) in [6.07, 6.45) is -1.35. The molecule has 4 aromatic carbocycles. The molecule has 4 aromatic rings. The Morgan fingerprint density at radius 3 is 2.21 bits per heavy atom. The fourth-order valence-electron chi connectivity index (χ4n) is 4.66. The molecule has 216 valence electrons. The lowest BCUT2D eigenvalue weighted by molar-refractivity contribution is -0.385. The number of nitrogens with zero attached hydrogens (tertiary/aromatic N) is 2. The van der Waals surface area contributed by atoms with Gasteiger partial charge in [0, 0.05) is 23.3 Å². The zero-order valence-electron chi connectivity index (χ0n) is 22.6. The number of methoxy groups -OCH3 is 2. The number of ether oxygens (including phenoxy) is 3. The van der Waals surface area contributed by atoms with Crippen molar-refractivity contribution in [3.8, 4) is 11.5 Å². The van der Waals surface area contributed by atoms with Crippen LogP contribution in [-0.4, -0.2) is 42.7 Å². The molecule has 5 rings (SSSR count). The smallest absolute Gasteiger partial charge is 0.343 e. The van der Waals surface area contributed by atoms with Gasteiger partial charge in [-0.05, 0) is 36.4 Å². The summed E-state index contributed by atoms with van der Waals surface area (Å²) in [4.78, 5) is 64.8. The van der Waals surface area contributed by atoms with Crippen molar-refractivity contribution in [3.05, 3.63) is 128 Å². The second kappa shape index (κ2) is 11.7. The molecule has 0 bridgehead atoms. The number of imide groups is 1. The van der Waals surface area contributed by atoms with Gasteiger partial charge in [-0.25, -0.2) is 9.69 Å². The number of anilines is 1. The van der Waals surface area contributed by atoms with Gasteiger partial charge < -0.3 is 14.2 Å². The minimum atomic E-state index is -1.35. The zero-order chi connectivity index (χ0) is 30.8. The largest absolute Gasteiger partial charge is 0.497 e. The lowest BCUT2D eigenvalue weighted by atomic mass is 9.99. The Morgan fingerprint density at radius 1 is 0.884 bits per heavy atom. The van der Waals surface area contributed by atoms with E-state index in [1.54, 1.807) is 54.6 Å². The van der Waals surface area contributed by atoms with Crippen molar-refractivity contribution in [1.29, 1.82) is 0 Å². The molecule has 0 fully saturated rings. The van der Waals surface area contributed by atoms with E-state index < -0.39 is 40.3 Å². The van der Waals surface area contributed by atoms with Crippen LogP contribution in [0.1, 0.15) is 53.1 Å². The third-order valence-electron chi connectivity index (χ3n) is 6.76. The maximum Gasteiger partial charge on any atom is 0.343 e. The molecule has 1 aliphatic heterocycles. The highest BCUT2D eigenvalue weighted by molar-refractivity contribution is 6.40. The number of carbonyl (C=O) groups is 4. The first-order valence-corrected chi connectivity index (χ1v) is 13.0. The second-order valence-corrected chi connectivity index (χ2v) is 9.60. The van der Waals surface area contributed by atoms with Crippen LogP contribution in [-0.2, 0) is 4.74 Å². The van der Waals surface area contributed by atoms with E-state index in [4.69, 9.17) is 25.8 Å². The standard InChI is InChI=1S/C31H21ClN2O9/c1-41-19-13-11-17(12-14-19)27(35)28(18-7-4-3-5-8-18)43-31(38)21-15-22(32)24(16-25(21)42-2)33-29(36)20-9-6-10-23(34(39)40)26(20)30(33)37/h3-16,28H,1-2H3/t28-/m0/s1. The van der Waals surface area contributed by atoms with Gasteiger partial charge >= 0.3 is 5.97 Å². The topological polar surface area (TPSA) is 142 Å². The molecule has 0 saturated carbocycles. The number of fused-ring (bicyclic) bond motifs is 1. The van der Waals surface area contributed by atoms with Crippen LogP contribution >= 0.6 is 11.6 Å². The molecule has 0 spiro atoms. The van der Waals surface area contributed by atoms with Crippen LogP contribution in [0, 0.1) is 10.1 Å². The monoisotopic (exact) mass is 600 g/mol. The molecule has 12 heteroatoms. The van der Waals surface area contributed by atoms with Crippen LogP contribution in [0.3, 0.4) is 0 Å². The normalized spacial score (nSPS) is 12.9. The predicted octanol–water partition coefficient (Wildman–Crippen LogP) is 5.85. The number of rotatable bonds is 9. The van der Waals surface area contributed by atoms with E-state index in [2.05, 4.69) is 0 Å². The van der Waals surface area contributed by atoms with Gasteiger partial charge in [0.05, 0.1) is 35.4 Å². The first-order chi connectivity index (χ1) is 20.7. The van der Waals surface area contributed by atoms with Gasteiger partial charge in [-0.3, -0.25) is 24.5 Å². The first-order valence-electron chi connectivity index (χ1n) is 12.6. The maximum absolute atomic E-state index is 13.5. The van der Waals surface area contributed by atoms with E-state index in [-0.39, 0.29) is 38.7 Å². The van der Waals surface area contributed by atoms with Crippen LogP contribution in [0.4, 0.5) is 11.4 Å². The summed E-state index contributed by atoms with van der Waals surface area (Å²) in [7, 11) is 2.74. The van der Waals surface area contributed by atoms with Crippen molar-refractivity contribution in [1.82, 2.24) is 0 Å². The van der Waals surface area contributed by atoms with E-state index in [1.165, 1.54) is 32.4 Å². The molecule has 1 atom stereocenters. The van der Waals surface area contributed by atoms with E-state index >= 15 is 0 Å². The third-order valence-corrected chi connectivity index (χ3v) is 7.06. The van der Waals surface area contributed by atoms with Crippen molar-refractivity contribution in [2.24, 2.45) is 0 Å². The lowest BCUT2D eigenvalue weighted by Crippen LogP contribution is -2.30. The lowest BCUT2D eigenvalue weighted by Gasteiger charge is -2.20. The average molecular weight is 601 g/mol. The first kappa shape index (κ1) is 29.0. The molecule has 0 aromatic heterocycles. The number of esters is 1. The Balaban J connectivity index is 1.50. The fourth-order valence-corrected chi connectivity index (χ4v) is 4.91. The average Bonchev–Trinajstić information content (AvgIpc) is 3.28. The fraction of sp³-hybridized carbons (Fsp3) is 0.0968. The molecule has 2 amide bonds. The highest BCUT2D eigenvalue weighted by atomic mass is 35.5. The number of Topliss-reactive ketones (excluding diaryl/α,β-unsaturated/α-hetero) is 1. The summed E-state index contributed by atoms with van der Waals surface area (Å²) in [5, 5.41) is 11.3. The van der Waals surface area contributed by atoms with E-state index in [0.29, 0.717) is 16.2 Å².